The number of H-pyrrole nitrogens is 1. The van der Waals surface area contributed by atoms with Crippen LogP contribution in [0, 0.1) is 0 Å². The second-order valence-corrected chi connectivity index (χ2v) is 4.97. The normalized spacial score (nSPS) is 11.0. The Morgan fingerprint density at radius 3 is 3.06 bits per heavy atom. The zero-order valence-electron chi connectivity index (χ0n) is 10.3. The molecule has 2 heterocycles. The molecule has 2 rings (SSSR count). The molecule has 0 aromatic carbocycles. The molecule has 0 radical (unpaired) electrons. The van der Waals surface area contributed by atoms with E-state index in [4.69, 9.17) is 0 Å². The van der Waals surface area contributed by atoms with Gasteiger partial charge in [-0.1, -0.05) is 22.4 Å². The Morgan fingerprint density at radius 1 is 1.44 bits per heavy atom. The van der Waals surface area contributed by atoms with Gasteiger partial charge in [-0.05, 0) is 12.8 Å². The average molecular weight is 314 g/mol. The van der Waals surface area contributed by atoms with Crippen LogP contribution in [0.15, 0.2) is 17.2 Å². The van der Waals surface area contributed by atoms with Crippen LogP contribution in [0.5, 0.6) is 0 Å². The first kappa shape index (κ1) is 13.1. The van der Waals surface area contributed by atoms with Gasteiger partial charge in [0.1, 0.15) is 12.1 Å². The molecule has 0 saturated carbocycles. The number of hydrogen-bond donors (Lipinski definition) is 1. The molecule has 0 spiro atoms. The summed E-state index contributed by atoms with van der Waals surface area (Å²) < 4.78 is 1.39. The van der Waals surface area contributed by atoms with E-state index < -0.39 is 0 Å². The Bertz CT molecular complexity index is 564. The summed E-state index contributed by atoms with van der Waals surface area (Å²) in [4.78, 5) is 17.6. The minimum absolute atomic E-state index is 0.260. The van der Waals surface area contributed by atoms with Gasteiger partial charge in [0.15, 0.2) is 5.65 Å². The highest BCUT2D eigenvalue weighted by Gasteiger charge is 2.06. The first-order valence-corrected chi connectivity index (χ1v) is 7.04. The molecule has 18 heavy (non-hydrogen) atoms. The molecule has 2 aromatic heterocycles. The van der Waals surface area contributed by atoms with Gasteiger partial charge in [0.2, 0.25) is 0 Å². The first-order valence-electron chi connectivity index (χ1n) is 5.92. The van der Waals surface area contributed by atoms with Crippen molar-refractivity contribution >= 4 is 27.4 Å². The van der Waals surface area contributed by atoms with Crippen molar-refractivity contribution in [3.05, 3.63) is 22.9 Å². The van der Waals surface area contributed by atoms with E-state index in [0.717, 1.165) is 24.1 Å². The number of aromatic amines is 1. The molecule has 0 aliphatic rings. The minimum Gasteiger partial charge on any atom is -0.360 e. The van der Waals surface area contributed by atoms with Crippen molar-refractivity contribution in [3.63, 3.8) is 0 Å². The number of rotatable bonds is 6. The number of nitrogens with zero attached hydrogens (tertiary/aromatic N) is 4. The zero-order valence-corrected chi connectivity index (χ0v) is 11.9. The minimum atomic E-state index is -0.260. The molecule has 0 bridgehead atoms. The molecule has 0 unspecified atom stereocenters. The number of halogens is 1. The Balaban J connectivity index is 2.03. The predicted octanol–water partition coefficient (Wildman–Crippen LogP) is 1.42. The monoisotopic (exact) mass is 313 g/mol. The summed E-state index contributed by atoms with van der Waals surface area (Å²) in [5.41, 5.74) is 0.335. The predicted molar refractivity (Wildman–Crippen MR) is 74.5 cm³/mol. The average Bonchev–Trinajstić information content (AvgIpc) is 2.76. The van der Waals surface area contributed by atoms with Crippen LogP contribution < -0.4 is 10.6 Å². The molecule has 7 heteroatoms. The van der Waals surface area contributed by atoms with Crippen LogP contribution in [0.4, 0.5) is 5.82 Å². The number of nitrogens with one attached hydrogen (secondary N) is 1. The summed E-state index contributed by atoms with van der Waals surface area (Å²) in [7, 11) is 2.00. The van der Waals surface area contributed by atoms with Crippen LogP contribution in [-0.4, -0.2) is 38.5 Å². The van der Waals surface area contributed by atoms with E-state index in [1.165, 1.54) is 23.6 Å². The largest absolute Gasteiger partial charge is 0.360 e. The van der Waals surface area contributed by atoms with Crippen LogP contribution in [0.1, 0.15) is 19.3 Å². The summed E-state index contributed by atoms with van der Waals surface area (Å²) in [5, 5.41) is 7.37. The van der Waals surface area contributed by atoms with Gasteiger partial charge in [0.25, 0.3) is 0 Å². The maximum atomic E-state index is 11.3. The van der Waals surface area contributed by atoms with E-state index in [2.05, 4.69) is 36.0 Å². The molecule has 0 atom stereocenters. The fourth-order valence-electron chi connectivity index (χ4n) is 1.74. The van der Waals surface area contributed by atoms with Crippen molar-refractivity contribution in [2.75, 3.05) is 23.8 Å². The van der Waals surface area contributed by atoms with E-state index >= 15 is 0 Å². The highest BCUT2D eigenvalue weighted by Crippen LogP contribution is 2.11. The molecule has 6 nitrogen and oxygen atoms in total. The third kappa shape index (κ3) is 2.90. The van der Waals surface area contributed by atoms with E-state index in [0.29, 0.717) is 5.65 Å². The number of aromatic nitrogens is 4. The second kappa shape index (κ2) is 5.99. The van der Waals surface area contributed by atoms with Gasteiger partial charge in [-0.2, -0.15) is 5.10 Å². The molecule has 0 amide bonds. The standard InChI is InChI=1S/C11H16BrN5O/c1-16(6-4-2-3-5-12)9-7-10-14-15-11(18)17(10)8-13-9/h7-8H,2-6H2,1H3,(H,15,18). The lowest BCUT2D eigenvalue weighted by molar-refractivity contribution is 0.706. The number of fused-ring (bicyclic) bond motifs is 1. The third-order valence-corrected chi connectivity index (χ3v) is 3.37. The van der Waals surface area contributed by atoms with Gasteiger partial charge in [0, 0.05) is 25.0 Å². The van der Waals surface area contributed by atoms with Crippen LogP contribution >= 0.6 is 15.9 Å². The van der Waals surface area contributed by atoms with Gasteiger partial charge in [-0.15, -0.1) is 0 Å². The van der Waals surface area contributed by atoms with Crippen molar-refractivity contribution < 1.29 is 0 Å². The molecular formula is C11H16BrN5O. The van der Waals surface area contributed by atoms with Gasteiger partial charge in [0.05, 0.1) is 0 Å². The Kier molecular flexibility index (Phi) is 4.35. The van der Waals surface area contributed by atoms with Crippen molar-refractivity contribution in [1.29, 1.82) is 0 Å². The molecule has 2 aromatic rings. The van der Waals surface area contributed by atoms with Gasteiger partial charge in [-0.3, -0.25) is 0 Å². The number of hydrogen-bond acceptors (Lipinski definition) is 4. The van der Waals surface area contributed by atoms with Crippen molar-refractivity contribution in [1.82, 2.24) is 19.6 Å². The number of unbranched alkanes of at least 4 members (excludes halogenated alkanes) is 2. The lowest BCUT2D eigenvalue weighted by atomic mass is 10.2. The summed E-state index contributed by atoms with van der Waals surface area (Å²) in [5.74, 6) is 0.834. The van der Waals surface area contributed by atoms with Crippen LogP contribution in [0.25, 0.3) is 5.65 Å². The number of anilines is 1. The summed E-state index contributed by atoms with van der Waals surface area (Å²) >= 11 is 3.42. The lowest BCUT2D eigenvalue weighted by Gasteiger charge is -2.17. The van der Waals surface area contributed by atoms with E-state index in [9.17, 15) is 4.79 Å². The SMILES string of the molecule is CN(CCCCCBr)c1cc2n[nH]c(=O)n2cn1. The molecule has 1 N–H and O–H groups in total. The summed E-state index contributed by atoms with van der Waals surface area (Å²) in [6, 6.07) is 1.81. The molecular weight excluding hydrogens is 298 g/mol. The maximum Gasteiger partial charge on any atom is 0.348 e. The van der Waals surface area contributed by atoms with Crippen molar-refractivity contribution in [3.8, 4) is 0 Å². The second-order valence-electron chi connectivity index (χ2n) is 4.18. The Labute approximate surface area is 113 Å². The van der Waals surface area contributed by atoms with Gasteiger partial charge < -0.3 is 4.90 Å². The molecule has 0 saturated heterocycles. The third-order valence-electron chi connectivity index (χ3n) is 2.81. The van der Waals surface area contributed by atoms with Gasteiger partial charge >= 0.3 is 5.69 Å². The lowest BCUT2D eigenvalue weighted by Crippen LogP contribution is -2.20. The Morgan fingerprint density at radius 2 is 2.28 bits per heavy atom. The van der Waals surface area contributed by atoms with Crippen molar-refractivity contribution in [2.45, 2.75) is 19.3 Å². The first-order chi connectivity index (χ1) is 8.72. The van der Waals surface area contributed by atoms with Crippen LogP contribution in [-0.2, 0) is 0 Å². The zero-order chi connectivity index (χ0) is 13.0. The molecule has 98 valence electrons. The van der Waals surface area contributed by atoms with E-state index in [-0.39, 0.29) is 5.69 Å². The highest BCUT2D eigenvalue weighted by molar-refractivity contribution is 9.09. The van der Waals surface area contributed by atoms with E-state index in [1.807, 2.05) is 13.1 Å². The fourth-order valence-corrected chi connectivity index (χ4v) is 2.14. The number of alkyl halides is 1. The Hall–Kier alpha value is -1.37. The summed E-state index contributed by atoms with van der Waals surface area (Å²) in [6.07, 6.45) is 5.02. The topological polar surface area (TPSA) is 66.3 Å². The highest BCUT2D eigenvalue weighted by atomic mass is 79.9. The van der Waals surface area contributed by atoms with Gasteiger partial charge in [-0.25, -0.2) is 19.3 Å². The quantitative estimate of drug-likeness (QED) is 0.647. The van der Waals surface area contributed by atoms with Crippen LogP contribution in [0.3, 0.4) is 0 Å². The van der Waals surface area contributed by atoms with Crippen LogP contribution in [0.2, 0.25) is 0 Å². The molecule has 0 aliphatic carbocycles. The van der Waals surface area contributed by atoms with E-state index in [1.54, 1.807) is 0 Å². The van der Waals surface area contributed by atoms with Crippen molar-refractivity contribution in [2.24, 2.45) is 0 Å². The maximum absolute atomic E-state index is 11.3. The fraction of sp³-hybridized carbons (Fsp3) is 0.545. The summed E-state index contributed by atoms with van der Waals surface area (Å²) in [6.45, 7) is 0.949. The molecule has 0 fully saturated rings. The smallest absolute Gasteiger partial charge is 0.348 e. The molecule has 0 aliphatic heterocycles.